The predicted molar refractivity (Wildman–Crippen MR) is 22.8 cm³/mol. The van der Waals surface area contributed by atoms with Crippen LogP contribution in [0.5, 0.6) is 0 Å². The largest absolute Gasteiger partial charge is 0.697 e. The number of rotatable bonds is 3. The van der Waals surface area contributed by atoms with Crippen LogP contribution in [0.1, 0.15) is 0 Å². The van der Waals surface area contributed by atoms with Crippen LogP contribution in [0.2, 0.25) is 0 Å². The molecule has 1 N–H and O–H groups in total. The molecule has 42 valence electrons. The topological polar surface area (TPSA) is 55.8 Å². The van der Waals surface area contributed by atoms with E-state index >= 15 is 0 Å². The molecule has 0 rings (SSSR count). The summed E-state index contributed by atoms with van der Waals surface area (Å²) in [6.07, 6.45) is 0. The first-order valence-corrected chi connectivity index (χ1v) is 2.68. The van der Waals surface area contributed by atoms with Gasteiger partial charge in [0.25, 0.3) is 0 Å². The molecule has 0 aliphatic carbocycles. The summed E-state index contributed by atoms with van der Waals surface area (Å²) in [4.78, 5) is 7.89. The average molecular weight is 125 g/mol. The van der Waals surface area contributed by atoms with Gasteiger partial charge >= 0.3 is 8.25 Å². The van der Waals surface area contributed by atoms with Crippen LogP contribution in [0.3, 0.4) is 0 Å². The predicted octanol–water partition coefficient (Wildman–Crippen LogP) is 0.257. The van der Waals surface area contributed by atoms with Gasteiger partial charge in [-0.05, 0) is 0 Å². The highest BCUT2D eigenvalue weighted by atomic mass is 31.1. The molecule has 0 amide bonds. The molecule has 1 atom stereocenters. The molecule has 7 heavy (non-hydrogen) atoms. The van der Waals surface area contributed by atoms with Crippen molar-refractivity contribution in [1.29, 1.82) is 0 Å². The Hall–Kier alpha value is -0.0200. The Morgan fingerprint density at radius 1 is 1.86 bits per heavy atom. The zero-order valence-corrected chi connectivity index (χ0v) is 4.72. The zero-order valence-electron chi connectivity index (χ0n) is 3.83. The van der Waals surface area contributed by atoms with Crippen LogP contribution in [0, 0.1) is 0 Å². The Morgan fingerprint density at radius 3 is 2.57 bits per heavy atom. The molecule has 0 radical (unpaired) electrons. The van der Waals surface area contributed by atoms with Crippen LogP contribution in [-0.4, -0.2) is 18.8 Å². The first kappa shape index (κ1) is 6.98. The van der Waals surface area contributed by atoms with Gasteiger partial charge in [0, 0.05) is 11.7 Å². The fraction of sp³-hybridized carbons (Fsp3) is 1.00. The quantitative estimate of drug-likeness (QED) is 0.434. The van der Waals surface area contributed by atoms with Crippen LogP contribution < -0.4 is 0 Å². The maximum absolute atomic E-state index is 9.60. The van der Waals surface area contributed by atoms with Crippen LogP contribution >= 0.6 is 8.25 Å². The van der Waals surface area contributed by atoms with E-state index in [0.29, 0.717) is 0 Å². The van der Waals surface area contributed by atoms with Gasteiger partial charge in [-0.1, -0.05) is 4.52 Å². The van der Waals surface area contributed by atoms with E-state index in [0.717, 1.165) is 0 Å². The summed E-state index contributed by atoms with van der Waals surface area (Å²) in [5, 5.41) is 0. The molecule has 5 heteroatoms. The van der Waals surface area contributed by atoms with Crippen LogP contribution in [0.25, 0.3) is 0 Å². The highest BCUT2D eigenvalue weighted by molar-refractivity contribution is 7.32. The Bertz CT molecular complexity index is 62.7. The molecule has 0 aromatic rings. The molecular formula is C2H6O4P+. The first-order valence-electron chi connectivity index (χ1n) is 1.55. The van der Waals surface area contributed by atoms with Gasteiger partial charge in [-0.2, -0.15) is 0 Å². The van der Waals surface area contributed by atoms with Gasteiger partial charge in [-0.15, -0.1) is 4.89 Å². The first-order chi connectivity index (χ1) is 3.27. The van der Waals surface area contributed by atoms with Crippen molar-refractivity contribution in [2.75, 3.05) is 13.9 Å². The van der Waals surface area contributed by atoms with Gasteiger partial charge in [0.1, 0.15) is 0 Å². The minimum absolute atomic E-state index is 0.133. The number of ether oxygens (including phenoxy) is 1. The molecule has 1 unspecified atom stereocenters. The summed E-state index contributed by atoms with van der Waals surface area (Å²) < 4.78 is 17.9. The van der Waals surface area contributed by atoms with Crippen molar-refractivity contribution in [3.05, 3.63) is 0 Å². The third-order valence-corrected chi connectivity index (χ3v) is 0.607. The average Bonchev–Trinajstić information content (AvgIpc) is 1.61. The fourth-order valence-corrected chi connectivity index (χ4v) is 0.293. The smallest absolute Gasteiger partial charge is 0.354 e. The van der Waals surface area contributed by atoms with Gasteiger partial charge in [0.05, 0.1) is 0 Å². The Morgan fingerprint density at radius 2 is 2.43 bits per heavy atom. The van der Waals surface area contributed by atoms with Gasteiger partial charge in [-0.25, -0.2) is 0 Å². The van der Waals surface area contributed by atoms with Gasteiger partial charge in [0.2, 0.25) is 6.79 Å². The van der Waals surface area contributed by atoms with E-state index in [9.17, 15) is 4.57 Å². The van der Waals surface area contributed by atoms with E-state index in [-0.39, 0.29) is 6.79 Å². The standard InChI is InChI=1S/C2H5O4P/c1-5-2-6-7(3)4/h2H2,1H3/p+1. The molecule has 0 aliphatic rings. The Kier molecular flexibility index (Phi) is 4.14. The highest BCUT2D eigenvalue weighted by Crippen LogP contribution is 2.12. The summed E-state index contributed by atoms with van der Waals surface area (Å²) in [6, 6.07) is 0. The second kappa shape index (κ2) is 4.15. The van der Waals surface area contributed by atoms with Gasteiger partial charge < -0.3 is 4.74 Å². The van der Waals surface area contributed by atoms with E-state index in [1.54, 1.807) is 0 Å². The van der Waals surface area contributed by atoms with E-state index < -0.39 is 8.25 Å². The summed E-state index contributed by atoms with van der Waals surface area (Å²) in [5.41, 5.74) is 0. The van der Waals surface area contributed by atoms with Crippen molar-refractivity contribution in [3.8, 4) is 0 Å². The maximum atomic E-state index is 9.60. The third kappa shape index (κ3) is 5.98. The Labute approximate surface area is 42.0 Å². The van der Waals surface area contributed by atoms with Crippen LogP contribution in [0.15, 0.2) is 0 Å². The van der Waals surface area contributed by atoms with Crippen molar-refractivity contribution >= 4 is 8.25 Å². The lowest BCUT2D eigenvalue weighted by Crippen LogP contribution is -1.86. The van der Waals surface area contributed by atoms with Crippen molar-refractivity contribution in [2.45, 2.75) is 0 Å². The third-order valence-electron chi connectivity index (χ3n) is 0.281. The molecule has 0 saturated carbocycles. The molecule has 0 fully saturated rings. The van der Waals surface area contributed by atoms with Gasteiger partial charge in [0.15, 0.2) is 0 Å². The molecular weight excluding hydrogens is 119 g/mol. The molecule has 4 nitrogen and oxygen atoms in total. The van der Waals surface area contributed by atoms with Crippen molar-refractivity contribution in [2.24, 2.45) is 0 Å². The zero-order chi connectivity index (χ0) is 5.70. The number of hydrogen-bond donors (Lipinski definition) is 1. The fourth-order valence-electron chi connectivity index (χ4n) is 0.0978. The van der Waals surface area contributed by atoms with Gasteiger partial charge in [-0.3, -0.25) is 0 Å². The van der Waals surface area contributed by atoms with E-state index in [2.05, 4.69) is 9.26 Å². The van der Waals surface area contributed by atoms with Crippen molar-refractivity contribution in [3.63, 3.8) is 0 Å². The van der Waals surface area contributed by atoms with E-state index in [4.69, 9.17) is 4.89 Å². The minimum Gasteiger partial charge on any atom is -0.354 e. The molecule has 0 spiro atoms. The highest BCUT2D eigenvalue weighted by Gasteiger charge is 2.09. The van der Waals surface area contributed by atoms with Crippen molar-refractivity contribution in [1.82, 2.24) is 0 Å². The second-order valence-corrected chi connectivity index (χ2v) is 1.51. The summed E-state index contributed by atoms with van der Waals surface area (Å²) in [5.74, 6) is 0. The molecule has 0 aromatic heterocycles. The number of methoxy groups -OCH3 is 1. The monoisotopic (exact) mass is 125 g/mol. The second-order valence-electron chi connectivity index (χ2n) is 0.773. The molecule has 0 aliphatic heterocycles. The lowest BCUT2D eigenvalue weighted by molar-refractivity contribution is 0.0489. The summed E-state index contributed by atoms with van der Waals surface area (Å²) in [6.45, 7) is -0.133. The lowest BCUT2D eigenvalue weighted by Gasteiger charge is -1.80. The summed E-state index contributed by atoms with van der Waals surface area (Å²) >= 11 is 0. The van der Waals surface area contributed by atoms with Crippen LogP contribution in [0.4, 0.5) is 0 Å². The SMILES string of the molecule is COCO[P+](=O)O. The molecule has 0 bridgehead atoms. The number of hydrogen-bond acceptors (Lipinski definition) is 3. The molecule has 0 saturated heterocycles. The molecule has 0 heterocycles. The lowest BCUT2D eigenvalue weighted by atomic mass is 11.4. The molecule has 0 aromatic carbocycles. The summed E-state index contributed by atoms with van der Waals surface area (Å²) in [7, 11) is -1.11. The maximum Gasteiger partial charge on any atom is 0.697 e. The minimum atomic E-state index is -2.48. The Balaban J connectivity index is 2.82. The van der Waals surface area contributed by atoms with E-state index in [1.807, 2.05) is 0 Å². The normalized spacial score (nSPS) is 11.4. The van der Waals surface area contributed by atoms with Crippen LogP contribution in [-0.2, 0) is 13.8 Å². The van der Waals surface area contributed by atoms with Crippen molar-refractivity contribution < 1.29 is 18.7 Å². The van der Waals surface area contributed by atoms with E-state index in [1.165, 1.54) is 7.11 Å².